The Kier molecular flexibility index (Phi) is 8.75. The van der Waals surface area contributed by atoms with Crippen molar-refractivity contribution in [3.8, 4) is 0 Å². The number of benzene rings is 1. The Labute approximate surface area is 193 Å². The van der Waals surface area contributed by atoms with Crippen molar-refractivity contribution in [2.24, 2.45) is 0 Å². The number of carbonyl (C=O) groups excluding carboxylic acids is 2. The molecule has 2 saturated heterocycles. The maximum absolute atomic E-state index is 12.6. The summed E-state index contributed by atoms with van der Waals surface area (Å²) in [5.74, 6) is 1.07. The SMILES string of the molecule is CCCCCC(=O)N1CCC2(CC1)NC(C(=O)NCCc1ccc(Cl)cc1Cl)CS2. The molecular formula is C22H31Cl2N3O2S. The third kappa shape index (κ3) is 6.28. The van der Waals surface area contributed by atoms with E-state index in [1.807, 2.05) is 28.8 Å². The highest BCUT2D eigenvalue weighted by atomic mass is 35.5. The monoisotopic (exact) mass is 471 g/mol. The molecular weight excluding hydrogens is 441 g/mol. The number of hydrogen-bond donors (Lipinski definition) is 2. The maximum Gasteiger partial charge on any atom is 0.238 e. The minimum atomic E-state index is -0.192. The van der Waals surface area contributed by atoms with Crippen LogP contribution in [0.4, 0.5) is 0 Å². The standard InChI is InChI=1S/C22H31Cl2N3O2S/c1-2-3-4-5-20(28)27-12-9-22(10-13-27)26-19(15-30-22)21(29)25-11-8-16-6-7-17(23)14-18(16)24/h6-7,14,19,26H,2-5,8-13,15H2,1H3,(H,25,29). The molecule has 0 bridgehead atoms. The van der Waals surface area contributed by atoms with Gasteiger partial charge in [-0.05, 0) is 43.4 Å². The Bertz CT molecular complexity index is 754. The van der Waals surface area contributed by atoms with E-state index in [2.05, 4.69) is 17.6 Å². The lowest BCUT2D eigenvalue weighted by Gasteiger charge is -2.39. The highest BCUT2D eigenvalue weighted by Gasteiger charge is 2.44. The van der Waals surface area contributed by atoms with Crippen molar-refractivity contribution in [3.63, 3.8) is 0 Å². The number of piperidine rings is 1. The summed E-state index contributed by atoms with van der Waals surface area (Å²) in [5, 5.41) is 7.81. The first-order valence-corrected chi connectivity index (χ1v) is 12.6. The molecule has 166 valence electrons. The molecule has 5 nitrogen and oxygen atoms in total. The zero-order valence-electron chi connectivity index (χ0n) is 17.5. The number of nitrogens with one attached hydrogen (secondary N) is 2. The molecule has 1 spiro atoms. The van der Waals surface area contributed by atoms with E-state index in [0.29, 0.717) is 29.4 Å². The van der Waals surface area contributed by atoms with E-state index in [1.165, 1.54) is 0 Å². The van der Waals surface area contributed by atoms with Crippen LogP contribution < -0.4 is 10.6 Å². The molecule has 0 radical (unpaired) electrons. The molecule has 0 saturated carbocycles. The highest BCUT2D eigenvalue weighted by Crippen LogP contribution is 2.39. The molecule has 0 aromatic heterocycles. The van der Waals surface area contributed by atoms with Gasteiger partial charge in [-0.1, -0.05) is 49.0 Å². The first-order valence-electron chi connectivity index (χ1n) is 10.8. The number of amides is 2. The fourth-order valence-corrected chi connectivity index (χ4v) is 5.96. The molecule has 2 heterocycles. The Morgan fingerprint density at radius 1 is 1.27 bits per heavy atom. The second kappa shape index (κ2) is 11.1. The lowest BCUT2D eigenvalue weighted by molar-refractivity contribution is -0.132. The van der Waals surface area contributed by atoms with Crippen molar-refractivity contribution in [2.45, 2.75) is 62.8 Å². The average molecular weight is 472 g/mol. The second-order valence-electron chi connectivity index (χ2n) is 8.12. The molecule has 3 rings (SSSR count). The number of thioether (sulfide) groups is 1. The number of hydrogen-bond acceptors (Lipinski definition) is 4. The van der Waals surface area contributed by atoms with E-state index in [4.69, 9.17) is 23.2 Å². The topological polar surface area (TPSA) is 61.4 Å². The third-order valence-corrected chi connectivity index (χ3v) is 8.07. The number of likely N-dealkylation sites (tertiary alicyclic amines) is 1. The zero-order chi connectivity index (χ0) is 21.6. The summed E-state index contributed by atoms with van der Waals surface area (Å²) < 4.78 is 0. The van der Waals surface area contributed by atoms with E-state index in [9.17, 15) is 9.59 Å². The second-order valence-corrected chi connectivity index (χ2v) is 10.4. The van der Waals surface area contributed by atoms with Gasteiger partial charge >= 0.3 is 0 Å². The van der Waals surface area contributed by atoms with Gasteiger partial charge in [-0.15, -0.1) is 11.8 Å². The summed E-state index contributed by atoms with van der Waals surface area (Å²) in [6.07, 6.45) is 6.33. The van der Waals surface area contributed by atoms with Gasteiger partial charge in [0, 0.05) is 41.9 Å². The smallest absolute Gasteiger partial charge is 0.238 e. The van der Waals surface area contributed by atoms with Gasteiger partial charge in [0.05, 0.1) is 10.9 Å². The van der Waals surface area contributed by atoms with Crippen LogP contribution in [-0.4, -0.2) is 53.0 Å². The molecule has 2 aliphatic rings. The number of unbranched alkanes of at least 4 members (excludes halogenated alkanes) is 2. The number of nitrogens with zero attached hydrogens (tertiary/aromatic N) is 1. The van der Waals surface area contributed by atoms with Crippen molar-refractivity contribution in [2.75, 3.05) is 25.4 Å². The van der Waals surface area contributed by atoms with Crippen molar-refractivity contribution >= 4 is 46.8 Å². The van der Waals surface area contributed by atoms with Crippen molar-refractivity contribution in [3.05, 3.63) is 33.8 Å². The van der Waals surface area contributed by atoms with E-state index < -0.39 is 0 Å². The van der Waals surface area contributed by atoms with Crippen LogP contribution in [0.1, 0.15) is 51.0 Å². The third-order valence-electron chi connectivity index (χ3n) is 5.91. The van der Waals surface area contributed by atoms with E-state index in [0.717, 1.165) is 56.5 Å². The van der Waals surface area contributed by atoms with Crippen LogP contribution in [-0.2, 0) is 16.0 Å². The van der Waals surface area contributed by atoms with Gasteiger partial charge in [-0.25, -0.2) is 0 Å². The molecule has 2 aliphatic heterocycles. The number of halogens is 2. The molecule has 1 aromatic carbocycles. The van der Waals surface area contributed by atoms with Crippen molar-refractivity contribution < 1.29 is 9.59 Å². The van der Waals surface area contributed by atoms with E-state index in [1.54, 1.807) is 6.07 Å². The van der Waals surface area contributed by atoms with Gasteiger partial charge in [0.25, 0.3) is 0 Å². The molecule has 8 heteroatoms. The summed E-state index contributed by atoms with van der Waals surface area (Å²) in [4.78, 5) is 26.9. The minimum Gasteiger partial charge on any atom is -0.354 e. The van der Waals surface area contributed by atoms with Crippen LogP contribution in [0.5, 0.6) is 0 Å². The van der Waals surface area contributed by atoms with Crippen LogP contribution in [0.2, 0.25) is 10.0 Å². The Morgan fingerprint density at radius 3 is 2.73 bits per heavy atom. The number of carbonyl (C=O) groups is 2. The Hall–Kier alpha value is -0.950. The normalized spacial score (nSPS) is 20.5. The van der Waals surface area contributed by atoms with Crippen molar-refractivity contribution in [1.82, 2.24) is 15.5 Å². The van der Waals surface area contributed by atoms with Gasteiger partial charge < -0.3 is 10.2 Å². The van der Waals surface area contributed by atoms with Crippen LogP contribution in [0.15, 0.2) is 18.2 Å². The maximum atomic E-state index is 12.6. The quantitative estimate of drug-likeness (QED) is 0.556. The van der Waals surface area contributed by atoms with Gasteiger partial charge in [0.15, 0.2) is 0 Å². The van der Waals surface area contributed by atoms with Crippen LogP contribution in [0.25, 0.3) is 0 Å². The van der Waals surface area contributed by atoms with Crippen LogP contribution in [0.3, 0.4) is 0 Å². The summed E-state index contributed by atoms with van der Waals surface area (Å²) in [7, 11) is 0. The molecule has 30 heavy (non-hydrogen) atoms. The number of rotatable bonds is 8. The first-order chi connectivity index (χ1) is 14.4. The predicted octanol–water partition coefficient (Wildman–Crippen LogP) is 4.26. The first kappa shape index (κ1) is 23.7. The molecule has 0 aliphatic carbocycles. The molecule has 2 N–H and O–H groups in total. The van der Waals surface area contributed by atoms with Gasteiger partial charge in [-0.2, -0.15) is 0 Å². The Morgan fingerprint density at radius 2 is 2.03 bits per heavy atom. The van der Waals surface area contributed by atoms with E-state index >= 15 is 0 Å². The van der Waals surface area contributed by atoms with Gasteiger partial charge in [-0.3, -0.25) is 14.9 Å². The molecule has 1 unspecified atom stereocenters. The van der Waals surface area contributed by atoms with Crippen LogP contribution in [0, 0.1) is 0 Å². The highest BCUT2D eigenvalue weighted by molar-refractivity contribution is 8.01. The van der Waals surface area contributed by atoms with Crippen molar-refractivity contribution in [1.29, 1.82) is 0 Å². The fourth-order valence-electron chi connectivity index (χ4n) is 4.04. The van der Waals surface area contributed by atoms with Gasteiger partial charge in [0.1, 0.15) is 0 Å². The summed E-state index contributed by atoms with van der Waals surface area (Å²) >= 11 is 14.0. The van der Waals surface area contributed by atoms with Crippen LogP contribution >= 0.6 is 35.0 Å². The largest absolute Gasteiger partial charge is 0.354 e. The summed E-state index contributed by atoms with van der Waals surface area (Å²) in [6, 6.07) is 5.24. The Balaban J connectivity index is 1.40. The minimum absolute atomic E-state index is 0.0301. The van der Waals surface area contributed by atoms with E-state index in [-0.39, 0.29) is 22.7 Å². The lowest BCUT2D eigenvalue weighted by Crippen LogP contribution is -2.54. The van der Waals surface area contributed by atoms with Gasteiger partial charge in [0.2, 0.25) is 11.8 Å². The molecule has 2 amide bonds. The summed E-state index contributed by atoms with van der Waals surface area (Å²) in [6.45, 7) is 4.23. The molecule has 1 atom stereocenters. The molecule has 1 aromatic rings. The predicted molar refractivity (Wildman–Crippen MR) is 125 cm³/mol. The zero-order valence-corrected chi connectivity index (χ0v) is 19.8. The average Bonchev–Trinajstić information content (AvgIpc) is 3.14. The summed E-state index contributed by atoms with van der Waals surface area (Å²) in [5.41, 5.74) is 0.975. The molecule has 2 fully saturated rings. The fraction of sp³-hybridized carbons (Fsp3) is 0.636. The lowest BCUT2D eigenvalue weighted by atomic mass is 10.0.